The first-order valence-electron chi connectivity index (χ1n) is 7.40. The van der Waals surface area contributed by atoms with Gasteiger partial charge in [0.15, 0.2) is 0 Å². The van der Waals surface area contributed by atoms with Gasteiger partial charge < -0.3 is 4.74 Å². The molecule has 110 valence electrons. The molecule has 3 nitrogen and oxygen atoms in total. The first-order valence-corrected chi connectivity index (χ1v) is 7.40. The molecular weight excluding hydrogens is 260 g/mol. The van der Waals surface area contributed by atoms with Gasteiger partial charge in [0.05, 0.1) is 0 Å². The van der Waals surface area contributed by atoms with Crippen LogP contribution in [0.25, 0.3) is 0 Å². The van der Waals surface area contributed by atoms with E-state index in [0.717, 1.165) is 25.3 Å². The first kappa shape index (κ1) is 14.1. The third-order valence-electron chi connectivity index (χ3n) is 3.76. The van der Waals surface area contributed by atoms with E-state index < -0.39 is 0 Å². The highest BCUT2D eigenvalue weighted by molar-refractivity contribution is 5.41. The second-order valence-electron chi connectivity index (χ2n) is 6.51. The first-order chi connectivity index (χ1) is 10.0. The Labute approximate surface area is 126 Å². The number of fused-ring (bicyclic) bond motifs is 1. The van der Waals surface area contributed by atoms with Crippen molar-refractivity contribution < 1.29 is 4.74 Å². The van der Waals surface area contributed by atoms with Crippen molar-refractivity contribution in [1.29, 1.82) is 0 Å². The van der Waals surface area contributed by atoms with Gasteiger partial charge in [-0.05, 0) is 49.7 Å². The molecule has 1 aliphatic heterocycles. The van der Waals surface area contributed by atoms with Crippen LogP contribution in [0.2, 0.25) is 0 Å². The van der Waals surface area contributed by atoms with E-state index in [4.69, 9.17) is 4.74 Å². The average Bonchev–Trinajstić information content (AvgIpc) is 2.73. The molecule has 3 rings (SSSR count). The number of nitrogens with zero attached hydrogens (tertiary/aromatic N) is 2. The van der Waals surface area contributed by atoms with Gasteiger partial charge in [-0.2, -0.15) is 0 Å². The highest BCUT2D eigenvalue weighted by atomic mass is 16.5. The fourth-order valence-corrected chi connectivity index (χ4v) is 2.93. The van der Waals surface area contributed by atoms with Crippen molar-refractivity contribution in [3.05, 3.63) is 59.4 Å². The summed E-state index contributed by atoms with van der Waals surface area (Å²) in [4.78, 5) is 6.47. The Morgan fingerprint density at radius 2 is 2.00 bits per heavy atom. The average molecular weight is 282 g/mol. The van der Waals surface area contributed by atoms with Crippen LogP contribution in [0, 0.1) is 0 Å². The molecule has 2 aromatic rings. The second kappa shape index (κ2) is 5.49. The zero-order valence-corrected chi connectivity index (χ0v) is 13.0. The maximum atomic E-state index is 5.93. The van der Waals surface area contributed by atoms with Crippen molar-refractivity contribution >= 4 is 0 Å². The predicted octanol–water partition coefficient (Wildman–Crippen LogP) is 3.43. The molecule has 0 saturated heterocycles. The SMILES string of the molecule is CN(Cc1cccnc1)Cc1ccc2c(c1)CC(C)(C)O2. The molecule has 0 aliphatic carbocycles. The number of ether oxygens (including phenoxy) is 1. The highest BCUT2D eigenvalue weighted by Gasteiger charge is 2.29. The Bertz CT molecular complexity index is 622. The molecule has 0 N–H and O–H groups in total. The maximum Gasteiger partial charge on any atom is 0.123 e. The van der Waals surface area contributed by atoms with Crippen molar-refractivity contribution in [3.8, 4) is 5.75 Å². The summed E-state index contributed by atoms with van der Waals surface area (Å²) in [5, 5.41) is 0. The van der Waals surface area contributed by atoms with Gasteiger partial charge in [-0.1, -0.05) is 18.2 Å². The van der Waals surface area contributed by atoms with E-state index in [-0.39, 0.29) is 5.60 Å². The molecule has 0 amide bonds. The lowest BCUT2D eigenvalue weighted by molar-refractivity contribution is 0.138. The van der Waals surface area contributed by atoms with Crippen LogP contribution in [0.15, 0.2) is 42.7 Å². The number of hydrogen-bond donors (Lipinski definition) is 0. The smallest absolute Gasteiger partial charge is 0.123 e. The van der Waals surface area contributed by atoms with Crippen LogP contribution in [0.1, 0.15) is 30.5 Å². The zero-order chi connectivity index (χ0) is 14.9. The van der Waals surface area contributed by atoms with E-state index in [1.165, 1.54) is 16.7 Å². The Hall–Kier alpha value is -1.87. The molecule has 3 heteroatoms. The number of rotatable bonds is 4. The predicted molar refractivity (Wildman–Crippen MR) is 84.3 cm³/mol. The molecule has 0 spiro atoms. The van der Waals surface area contributed by atoms with Crippen LogP contribution in [0.3, 0.4) is 0 Å². The van der Waals surface area contributed by atoms with Gasteiger partial charge in [0.1, 0.15) is 11.4 Å². The number of aromatic nitrogens is 1. The van der Waals surface area contributed by atoms with Gasteiger partial charge in [0, 0.05) is 31.9 Å². The highest BCUT2D eigenvalue weighted by Crippen LogP contribution is 2.35. The summed E-state index contributed by atoms with van der Waals surface area (Å²) in [5.41, 5.74) is 3.84. The monoisotopic (exact) mass is 282 g/mol. The fourth-order valence-electron chi connectivity index (χ4n) is 2.93. The van der Waals surface area contributed by atoms with Gasteiger partial charge in [0.2, 0.25) is 0 Å². The topological polar surface area (TPSA) is 25.4 Å². The molecule has 1 aromatic heterocycles. The van der Waals surface area contributed by atoms with E-state index in [9.17, 15) is 0 Å². The van der Waals surface area contributed by atoms with Gasteiger partial charge in [-0.25, -0.2) is 0 Å². The Morgan fingerprint density at radius 3 is 2.76 bits per heavy atom. The molecule has 2 heterocycles. The summed E-state index contributed by atoms with van der Waals surface area (Å²) < 4.78 is 5.93. The Morgan fingerprint density at radius 1 is 1.19 bits per heavy atom. The molecule has 1 aromatic carbocycles. The minimum absolute atomic E-state index is 0.0669. The van der Waals surface area contributed by atoms with E-state index >= 15 is 0 Å². The van der Waals surface area contributed by atoms with Crippen molar-refractivity contribution in [3.63, 3.8) is 0 Å². The van der Waals surface area contributed by atoms with Gasteiger partial charge in [-0.15, -0.1) is 0 Å². The molecule has 0 fully saturated rings. The third-order valence-corrected chi connectivity index (χ3v) is 3.76. The molecule has 0 bridgehead atoms. The lowest BCUT2D eigenvalue weighted by atomic mass is 10.00. The zero-order valence-electron chi connectivity index (χ0n) is 13.0. The van der Waals surface area contributed by atoms with Crippen molar-refractivity contribution in [2.45, 2.75) is 39.0 Å². The van der Waals surface area contributed by atoms with E-state index in [1.807, 2.05) is 18.5 Å². The number of benzene rings is 1. The van der Waals surface area contributed by atoms with E-state index in [2.05, 4.69) is 55.0 Å². The van der Waals surface area contributed by atoms with Crippen LogP contribution >= 0.6 is 0 Å². The van der Waals surface area contributed by atoms with Gasteiger partial charge >= 0.3 is 0 Å². The van der Waals surface area contributed by atoms with Crippen LogP contribution < -0.4 is 4.74 Å². The number of hydrogen-bond acceptors (Lipinski definition) is 3. The lowest BCUT2D eigenvalue weighted by Gasteiger charge is -2.17. The van der Waals surface area contributed by atoms with Crippen LogP contribution in [0.4, 0.5) is 0 Å². The fraction of sp³-hybridized carbons (Fsp3) is 0.389. The molecule has 0 radical (unpaired) electrons. The van der Waals surface area contributed by atoms with E-state index in [0.29, 0.717) is 0 Å². The summed E-state index contributed by atoms with van der Waals surface area (Å²) in [5.74, 6) is 1.04. The molecule has 21 heavy (non-hydrogen) atoms. The largest absolute Gasteiger partial charge is 0.487 e. The van der Waals surface area contributed by atoms with Crippen molar-refractivity contribution in [1.82, 2.24) is 9.88 Å². The molecule has 0 unspecified atom stereocenters. The van der Waals surface area contributed by atoms with Crippen LogP contribution in [-0.4, -0.2) is 22.5 Å². The molecule has 0 saturated carbocycles. The third kappa shape index (κ3) is 3.42. The van der Waals surface area contributed by atoms with E-state index in [1.54, 1.807) is 0 Å². The summed E-state index contributed by atoms with van der Waals surface area (Å²) in [6, 6.07) is 10.7. The lowest BCUT2D eigenvalue weighted by Crippen LogP contribution is -2.24. The Kier molecular flexibility index (Phi) is 3.68. The van der Waals surface area contributed by atoms with Crippen molar-refractivity contribution in [2.24, 2.45) is 0 Å². The second-order valence-corrected chi connectivity index (χ2v) is 6.51. The van der Waals surface area contributed by atoms with Crippen LogP contribution in [0.5, 0.6) is 5.75 Å². The number of pyridine rings is 1. The summed E-state index contributed by atoms with van der Waals surface area (Å²) in [7, 11) is 2.14. The van der Waals surface area contributed by atoms with Crippen LogP contribution in [-0.2, 0) is 19.5 Å². The quantitative estimate of drug-likeness (QED) is 0.859. The minimum Gasteiger partial charge on any atom is -0.487 e. The normalized spacial score (nSPS) is 15.8. The molecular formula is C18H22N2O. The summed E-state index contributed by atoms with van der Waals surface area (Å²) in [6.45, 7) is 6.12. The standard InChI is InChI=1S/C18H22N2O/c1-18(2)10-16-9-14(6-7-17(16)21-18)12-20(3)13-15-5-4-8-19-11-15/h4-9,11H,10,12-13H2,1-3H3. The molecule has 0 atom stereocenters. The summed E-state index contributed by atoms with van der Waals surface area (Å²) in [6.07, 6.45) is 4.73. The Balaban J connectivity index is 1.66. The van der Waals surface area contributed by atoms with Gasteiger partial charge in [-0.3, -0.25) is 9.88 Å². The van der Waals surface area contributed by atoms with Gasteiger partial charge in [0.25, 0.3) is 0 Å². The summed E-state index contributed by atoms with van der Waals surface area (Å²) >= 11 is 0. The maximum absolute atomic E-state index is 5.93. The minimum atomic E-state index is -0.0669. The molecule has 1 aliphatic rings. The van der Waals surface area contributed by atoms with Crippen molar-refractivity contribution in [2.75, 3.05) is 7.05 Å².